The number of carbonyl (C=O) groups is 1. The van der Waals surface area contributed by atoms with Crippen LogP contribution in [0.4, 0.5) is 4.39 Å². The second-order valence-corrected chi connectivity index (χ2v) is 5.52. The van der Waals surface area contributed by atoms with E-state index in [0.29, 0.717) is 24.0 Å². The number of aryl methyl sites for hydroxylation is 1. The first-order valence-corrected chi connectivity index (χ1v) is 7.29. The molecule has 0 saturated heterocycles. The second kappa shape index (κ2) is 6.38. The van der Waals surface area contributed by atoms with Crippen molar-refractivity contribution in [3.63, 3.8) is 0 Å². The van der Waals surface area contributed by atoms with Crippen LogP contribution in [0.5, 0.6) is 0 Å². The summed E-state index contributed by atoms with van der Waals surface area (Å²) in [5.41, 5.74) is 1.22. The van der Waals surface area contributed by atoms with Gasteiger partial charge in [-0.3, -0.25) is 4.79 Å². The molecule has 0 bridgehead atoms. The molecule has 1 aliphatic rings. The molecule has 104 valence electrons. The van der Waals surface area contributed by atoms with Crippen LogP contribution in [0.1, 0.15) is 41.6 Å². The van der Waals surface area contributed by atoms with Gasteiger partial charge in [0.1, 0.15) is 5.82 Å². The highest BCUT2D eigenvalue weighted by molar-refractivity contribution is 6.17. The standard InChI is InChI=1S/C15H19ClFNO/c1-11-8-12(10-13(17)9-11)15(19)18(7-3-6-16)14-4-2-5-14/h8-10,14H,2-7H2,1H3. The van der Waals surface area contributed by atoms with E-state index in [1.807, 2.05) is 4.90 Å². The predicted octanol–water partition coefficient (Wildman–Crippen LogP) is 3.76. The summed E-state index contributed by atoms with van der Waals surface area (Å²) in [6.07, 6.45) is 4.03. The van der Waals surface area contributed by atoms with Crippen LogP contribution in [-0.2, 0) is 0 Å². The summed E-state index contributed by atoms with van der Waals surface area (Å²) in [6.45, 7) is 2.45. The number of amides is 1. The van der Waals surface area contributed by atoms with Gasteiger partial charge in [0.15, 0.2) is 0 Å². The number of alkyl halides is 1. The highest BCUT2D eigenvalue weighted by Crippen LogP contribution is 2.26. The van der Waals surface area contributed by atoms with Gasteiger partial charge in [0.25, 0.3) is 5.91 Å². The maximum absolute atomic E-state index is 13.4. The number of carbonyl (C=O) groups excluding carboxylic acids is 1. The largest absolute Gasteiger partial charge is 0.336 e. The molecule has 1 saturated carbocycles. The maximum Gasteiger partial charge on any atom is 0.254 e. The number of hydrogen-bond acceptors (Lipinski definition) is 1. The zero-order valence-corrected chi connectivity index (χ0v) is 11.9. The fraction of sp³-hybridized carbons (Fsp3) is 0.533. The molecule has 1 aromatic rings. The summed E-state index contributed by atoms with van der Waals surface area (Å²) in [4.78, 5) is 14.4. The molecule has 4 heteroatoms. The van der Waals surface area contributed by atoms with E-state index >= 15 is 0 Å². The van der Waals surface area contributed by atoms with E-state index in [1.54, 1.807) is 13.0 Å². The van der Waals surface area contributed by atoms with E-state index < -0.39 is 0 Å². The highest BCUT2D eigenvalue weighted by Gasteiger charge is 2.29. The van der Waals surface area contributed by atoms with Crippen molar-refractivity contribution in [2.45, 2.75) is 38.6 Å². The minimum absolute atomic E-state index is 0.0718. The summed E-state index contributed by atoms with van der Waals surface area (Å²) in [6, 6.07) is 4.81. The number of rotatable bonds is 5. The molecule has 0 atom stereocenters. The zero-order chi connectivity index (χ0) is 13.8. The Kier molecular flexibility index (Phi) is 4.81. The molecule has 2 rings (SSSR count). The van der Waals surface area contributed by atoms with Crippen molar-refractivity contribution in [2.75, 3.05) is 12.4 Å². The van der Waals surface area contributed by atoms with Crippen LogP contribution in [0.15, 0.2) is 18.2 Å². The van der Waals surface area contributed by atoms with Crippen molar-refractivity contribution in [1.82, 2.24) is 4.90 Å². The van der Waals surface area contributed by atoms with Gasteiger partial charge in [0.05, 0.1) is 0 Å². The Hall–Kier alpha value is -1.09. The van der Waals surface area contributed by atoms with Crippen molar-refractivity contribution in [1.29, 1.82) is 0 Å². The first kappa shape index (κ1) is 14.3. The van der Waals surface area contributed by atoms with Crippen molar-refractivity contribution in [3.05, 3.63) is 35.1 Å². The molecule has 0 unspecified atom stereocenters. The third-order valence-electron chi connectivity index (χ3n) is 3.60. The number of benzene rings is 1. The van der Waals surface area contributed by atoms with E-state index in [1.165, 1.54) is 12.1 Å². The Morgan fingerprint density at radius 2 is 2.16 bits per heavy atom. The molecule has 1 aromatic carbocycles. The first-order chi connectivity index (χ1) is 9.11. The maximum atomic E-state index is 13.4. The average Bonchev–Trinajstić information content (AvgIpc) is 2.29. The fourth-order valence-corrected chi connectivity index (χ4v) is 2.52. The van der Waals surface area contributed by atoms with Crippen LogP contribution in [0.25, 0.3) is 0 Å². The molecule has 0 heterocycles. The third-order valence-corrected chi connectivity index (χ3v) is 3.87. The molecular formula is C15H19ClFNO. The molecule has 0 aromatic heterocycles. The molecule has 1 fully saturated rings. The van der Waals surface area contributed by atoms with Crippen molar-refractivity contribution >= 4 is 17.5 Å². The van der Waals surface area contributed by atoms with Crippen molar-refractivity contribution < 1.29 is 9.18 Å². The Labute approximate surface area is 118 Å². The molecule has 0 spiro atoms. The van der Waals surface area contributed by atoms with Crippen LogP contribution in [0, 0.1) is 12.7 Å². The summed E-state index contributed by atoms with van der Waals surface area (Å²) < 4.78 is 13.4. The van der Waals surface area contributed by atoms with Gasteiger partial charge in [-0.1, -0.05) is 0 Å². The van der Waals surface area contributed by atoms with Gasteiger partial charge < -0.3 is 4.90 Å². The van der Waals surface area contributed by atoms with Gasteiger partial charge in [0, 0.05) is 24.0 Å². The molecule has 0 N–H and O–H groups in total. The number of nitrogens with zero attached hydrogens (tertiary/aromatic N) is 1. The lowest BCUT2D eigenvalue weighted by atomic mass is 9.90. The van der Waals surface area contributed by atoms with E-state index in [9.17, 15) is 9.18 Å². The van der Waals surface area contributed by atoms with Gasteiger partial charge in [0.2, 0.25) is 0 Å². The van der Waals surface area contributed by atoms with E-state index in [4.69, 9.17) is 11.6 Å². The molecule has 1 amide bonds. The Bertz CT molecular complexity index is 439. The van der Waals surface area contributed by atoms with Gasteiger partial charge >= 0.3 is 0 Å². The lowest BCUT2D eigenvalue weighted by Gasteiger charge is -2.37. The Balaban J connectivity index is 2.17. The van der Waals surface area contributed by atoms with Crippen molar-refractivity contribution in [3.8, 4) is 0 Å². The van der Waals surface area contributed by atoms with Crippen LogP contribution >= 0.6 is 11.6 Å². The normalized spacial score (nSPS) is 15.1. The monoisotopic (exact) mass is 283 g/mol. The fourth-order valence-electron chi connectivity index (χ4n) is 2.40. The summed E-state index contributed by atoms with van der Waals surface area (Å²) in [5, 5.41) is 0. The van der Waals surface area contributed by atoms with Gasteiger partial charge in [-0.2, -0.15) is 0 Å². The van der Waals surface area contributed by atoms with E-state index in [-0.39, 0.29) is 11.7 Å². The number of hydrogen-bond donors (Lipinski definition) is 0. The summed E-state index contributed by atoms with van der Waals surface area (Å²) >= 11 is 5.71. The molecule has 19 heavy (non-hydrogen) atoms. The highest BCUT2D eigenvalue weighted by atomic mass is 35.5. The lowest BCUT2D eigenvalue weighted by Crippen LogP contribution is -2.44. The van der Waals surface area contributed by atoms with Gasteiger partial charge in [-0.15, -0.1) is 11.6 Å². The van der Waals surface area contributed by atoms with Gasteiger partial charge in [-0.05, 0) is 56.4 Å². The van der Waals surface area contributed by atoms with Crippen LogP contribution in [-0.4, -0.2) is 29.3 Å². The van der Waals surface area contributed by atoms with Crippen LogP contribution in [0.3, 0.4) is 0 Å². The first-order valence-electron chi connectivity index (χ1n) is 6.76. The minimum atomic E-state index is -0.353. The summed E-state index contributed by atoms with van der Waals surface area (Å²) in [7, 11) is 0. The quantitative estimate of drug-likeness (QED) is 0.754. The topological polar surface area (TPSA) is 20.3 Å². The molecular weight excluding hydrogens is 265 g/mol. The molecule has 1 aliphatic carbocycles. The number of halogens is 2. The zero-order valence-electron chi connectivity index (χ0n) is 11.2. The van der Waals surface area contributed by atoms with Crippen LogP contribution < -0.4 is 0 Å². The molecule has 2 nitrogen and oxygen atoms in total. The van der Waals surface area contributed by atoms with E-state index in [0.717, 1.165) is 31.2 Å². The molecule has 0 aliphatic heterocycles. The smallest absolute Gasteiger partial charge is 0.254 e. The lowest BCUT2D eigenvalue weighted by molar-refractivity contribution is 0.0580. The SMILES string of the molecule is Cc1cc(F)cc(C(=O)N(CCCCl)C2CCC2)c1. The van der Waals surface area contributed by atoms with E-state index in [2.05, 4.69) is 0 Å². The average molecular weight is 284 g/mol. The summed E-state index contributed by atoms with van der Waals surface area (Å²) in [5.74, 6) is 0.116. The van der Waals surface area contributed by atoms with Gasteiger partial charge in [-0.25, -0.2) is 4.39 Å². The third kappa shape index (κ3) is 3.47. The van der Waals surface area contributed by atoms with Crippen LogP contribution in [0.2, 0.25) is 0 Å². The Morgan fingerprint density at radius 1 is 1.42 bits per heavy atom. The molecule has 0 radical (unpaired) electrons. The van der Waals surface area contributed by atoms with Crippen molar-refractivity contribution in [2.24, 2.45) is 0 Å². The second-order valence-electron chi connectivity index (χ2n) is 5.14. The predicted molar refractivity (Wildman–Crippen MR) is 75.1 cm³/mol. The minimum Gasteiger partial charge on any atom is -0.336 e. The Morgan fingerprint density at radius 3 is 2.68 bits per heavy atom.